The van der Waals surface area contributed by atoms with Crippen LogP contribution in [0.4, 0.5) is 0 Å². The summed E-state index contributed by atoms with van der Waals surface area (Å²) >= 11 is 0. The summed E-state index contributed by atoms with van der Waals surface area (Å²) in [6.07, 6.45) is 58.9. The zero-order valence-corrected chi connectivity index (χ0v) is 47.0. The SMILES string of the molecule is CC/C=C\C/C=C\C/C=C\C/C=C\C/C=C\CCCCCC(=O)OCC(COP(=O)(O)OCC(CO)OC(=O)CCCCCCCCCCCCCCC)OC(=O)CCCCCCCCCCCCCCC. The zero-order valence-electron chi connectivity index (χ0n) is 46.1. The number of phosphoric acid groups is 1. The molecule has 0 spiro atoms. The number of allylic oxidation sites excluding steroid dienone is 10. The van der Waals surface area contributed by atoms with Crippen LogP contribution < -0.4 is 0 Å². The van der Waals surface area contributed by atoms with E-state index in [2.05, 4.69) is 81.5 Å². The number of ether oxygens (including phenoxy) is 3. The molecule has 0 radical (unpaired) electrons. The Morgan fingerprint density at radius 2 is 0.722 bits per heavy atom. The van der Waals surface area contributed by atoms with Gasteiger partial charge in [-0.15, -0.1) is 0 Å². The molecule has 0 saturated heterocycles. The smallest absolute Gasteiger partial charge is 0.462 e. The van der Waals surface area contributed by atoms with E-state index in [1.165, 1.54) is 116 Å². The molecule has 0 aromatic carbocycles. The minimum absolute atomic E-state index is 0.163. The lowest BCUT2D eigenvalue weighted by molar-refractivity contribution is -0.161. The van der Waals surface area contributed by atoms with Crippen molar-refractivity contribution in [3.8, 4) is 0 Å². The van der Waals surface area contributed by atoms with Crippen molar-refractivity contribution >= 4 is 25.7 Å². The van der Waals surface area contributed by atoms with E-state index in [0.717, 1.165) is 89.9 Å². The Balaban J connectivity index is 4.74. The Morgan fingerprint density at radius 1 is 0.403 bits per heavy atom. The number of aliphatic hydroxyl groups is 1. The van der Waals surface area contributed by atoms with Crippen molar-refractivity contribution in [3.63, 3.8) is 0 Å². The van der Waals surface area contributed by atoms with Gasteiger partial charge in [-0.05, 0) is 64.2 Å². The molecule has 0 heterocycles. The highest BCUT2D eigenvalue weighted by Gasteiger charge is 2.28. The normalized spacial score (nSPS) is 13.8. The first kappa shape index (κ1) is 69.2. The summed E-state index contributed by atoms with van der Waals surface area (Å²) in [6.45, 7) is 4.52. The highest BCUT2D eigenvalue weighted by Crippen LogP contribution is 2.43. The summed E-state index contributed by atoms with van der Waals surface area (Å²) < 4.78 is 39.5. The molecule has 2 N–H and O–H groups in total. The molecular formula is C60H107O11P. The molecule has 3 unspecified atom stereocenters. The average Bonchev–Trinajstić information content (AvgIpc) is 3.37. The summed E-state index contributed by atoms with van der Waals surface area (Å²) in [4.78, 5) is 48.5. The van der Waals surface area contributed by atoms with E-state index in [4.69, 9.17) is 23.3 Å². The molecule has 418 valence electrons. The number of carbonyl (C=O) groups excluding carboxylic acids is 3. The quantitative estimate of drug-likeness (QED) is 0.0197. The first-order valence-corrected chi connectivity index (χ1v) is 30.7. The van der Waals surface area contributed by atoms with Gasteiger partial charge in [0.15, 0.2) is 6.10 Å². The molecule has 0 aliphatic carbocycles. The van der Waals surface area contributed by atoms with E-state index in [0.29, 0.717) is 19.3 Å². The van der Waals surface area contributed by atoms with E-state index in [-0.39, 0.29) is 25.9 Å². The third kappa shape index (κ3) is 52.1. The molecule has 3 atom stereocenters. The summed E-state index contributed by atoms with van der Waals surface area (Å²) in [5.74, 6) is -1.49. The van der Waals surface area contributed by atoms with Crippen LogP contribution >= 0.6 is 7.82 Å². The lowest BCUT2D eigenvalue weighted by Crippen LogP contribution is -2.30. The van der Waals surface area contributed by atoms with E-state index in [1.54, 1.807) is 0 Å². The number of esters is 3. The molecule has 0 bridgehead atoms. The molecule has 0 aliphatic rings. The summed E-state index contributed by atoms with van der Waals surface area (Å²) in [5.41, 5.74) is 0. The number of unbranched alkanes of at least 4 members (excludes halogenated alkanes) is 27. The van der Waals surface area contributed by atoms with E-state index in [1.807, 2.05) is 0 Å². The molecule has 0 aromatic rings. The highest BCUT2D eigenvalue weighted by atomic mass is 31.2. The molecule has 0 rings (SSSR count). The highest BCUT2D eigenvalue weighted by molar-refractivity contribution is 7.47. The maximum absolute atomic E-state index is 12.9. The monoisotopic (exact) mass is 1030 g/mol. The van der Waals surface area contributed by atoms with Gasteiger partial charge in [-0.25, -0.2) is 4.57 Å². The summed E-state index contributed by atoms with van der Waals surface area (Å²) in [6, 6.07) is 0. The molecular weight excluding hydrogens is 928 g/mol. The van der Waals surface area contributed by atoms with Gasteiger partial charge in [0.05, 0.1) is 19.8 Å². The Labute approximate surface area is 440 Å². The van der Waals surface area contributed by atoms with Gasteiger partial charge in [0, 0.05) is 19.3 Å². The van der Waals surface area contributed by atoms with Gasteiger partial charge < -0.3 is 24.2 Å². The Morgan fingerprint density at radius 3 is 1.11 bits per heavy atom. The minimum Gasteiger partial charge on any atom is -0.462 e. The first-order chi connectivity index (χ1) is 35.2. The molecule has 0 fully saturated rings. The maximum Gasteiger partial charge on any atom is 0.472 e. The van der Waals surface area contributed by atoms with Crippen LogP contribution in [-0.4, -0.2) is 66.5 Å². The van der Waals surface area contributed by atoms with E-state index >= 15 is 0 Å². The third-order valence-corrected chi connectivity index (χ3v) is 13.4. The molecule has 0 aromatic heterocycles. The average molecular weight is 1040 g/mol. The van der Waals surface area contributed by atoms with Crippen molar-refractivity contribution in [1.82, 2.24) is 0 Å². The largest absolute Gasteiger partial charge is 0.472 e. The maximum atomic E-state index is 12.9. The van der Waals surface area contributed by atoms with E-state index in [9.17, 15) is 28.9 Å². The summed E-state index contributed by atoms with van der Waals surface area (Å²) in [5, 5.41) is 9.80. The van der Waals surface area contributed by atoms with Crippen molar-refractivity contribution in [2.24, 2.45) is 0 Å². The van der Waals surface area contributed by atoms with Gasteiger partial charge in [0.25, 0.3) is 0 Å². The minimum atomic E-state index is -4.75. The lowest BCUT2D eigenvalue weighted by atomic mass is 10.0. The molecule has 11 nitrogen and oxygen atoms in total. The predicted octanol–water partition coefficient (Wildman–Crippen LogP) is 17.1. The molecule has 12 heteroatoms. The summed E-state index contributed by atoms with van der Waals surface area (Å²) in [7, 11) is -4.75. The van der Waals surface area contributed by atoms with Gasteiger partial charge in [-0.2, -0.15) is 0 Å². The fourth-order valence-electron chi connectivity index (χ4n) is 8.03. The number of aliphatic hydroxyl groups excluding tert-OH is 1. The fraction of sp³-hybridized carbons (Fsp3) is 0.783. The molecule has 0 aliphatic heterocycles. The third-order valence-electron chi connectivity index (χ3n) is 12.5. The van der Waals surface area contributed by atoms with Crippen LogP contribution in [0.25, 0.3) is 0 Å². The van der Waals surface area contributed by atoms with Crippen molar-refractivity contribution in [2.45, 2.75) is 277 Å². The van der Waals surface area contributed by atoms with Crippen LogP contribution in [0.3, 0.4) is 0 Å². The first-order valence-electron chi connectivity index (χ1n) is 29.2. The van der Waals surface area contributed by atoms with Gasteiger partial charge in [-0.1, -0.05) is 242 Å². The van der Waals surface area contributed by atoms with Crippen molar-refractivity contribution in [1.29, 1.82) is 0 Å². The number of phosphoric ester groups is 1. The van der Waals surface area contributed by atoms with Crippen molar-refractivity contribution in [3.05, 3.63) is 60.8 Å². The van der Waals surface area contributed by atoms with Crippen LogP contribution in [0.5, 0.6) is 0 Å². The van der Waals surface area contributed by atoms with Gasteiger partial charge >= 0.3 is 25.7 Å². The van der Waals surface area contributed by atoms with Crippen molar-refractivity contribution in [2.75, 3.05) is 26.4 Å². The fourth-order valence-corrected chi connectivity index (χ4v) is 8.81. The Hall–Kier alpha value is -2.82. The molecule has 72 heavy (non-hydrogen) atoms. The topological polar surface area (TPSA) is 155 Å². The van der Waals surface area contributed by atoms with E-state index < -0.39 is 57.8 Å². The van der Waals surface area contributed by atoms with Crippen LogP contribution in [0.15, 0.2) is 60.8 Å². The number of hydrogen-bond acceptors (Lipinski definition) is 10. The second-order valence-electron chi connectivity index (χ2n) is 19.4. The number of rotatable bonds is 54. The number of hydrogen-bond donors (Lipinski definition) is 2. The zero-order chi connectivity index (χ0) is 52.7. The second kappa shape index (κ2) is 54.4. The molecule has 0 saturated carbocycles. The standard InChI is InChI=1S/C60H107O11P/c1-4-7-10-13-16-19-22-25-26-27-28-29-30-33-34-37-40-43-46-49-58(62)67-53-57(71-60(64)51-48-45-42-39-36-32-24-21-18-15-12-9-6-3)55-69-72(65,66)68-54-56(52-61)70-59(63)50-47-44-41-38-35-31-23-20-17-14-11-8-5-2/h7,10,16,19,25-26,28-29,33-34,56-57,61H,4-6,8-9,11-15,17-18,20-24,27,30-32,35-55H2,1-3H3,(H,65,66)/b10-7-,19-16-,26-25-,29-28-,34-33-. The van der Waals surface area contributed by atoms with Crippen LogP contribution in [0.1, 0.15) is 265 Å². The lowest BCUT2D eigenvalue weighted by Gasteiger charge is -2.21. The predicted molar refractivity (Wildman–Crippen MR) is 298 cm³/mol. The van der Waals surface area contributed by atoms with Crippen LogP contribution in [-0.2, 0) is 42.2 Å². The van der Waals surface area contributed by atoms with Gasteiger partial charge in [0.2, 0.25) is 0 Å². The second-order valence-corrected chi connectivity index (χ2v) is 20.9. The van der Waals surface area contributed by atoms with Gasteiger partial charge in [-0.3, -0.25) is 23.4 Å². The Bertz CT molecular complexity index is 1440. The van der Waals surface area contributed by atoms with Crippen LogP contribution in [0.2, 0.25) is 0 Å². The van der Waals surface area contributed by atoms with Crippen molar-refractivity contribution < 1.29 is 52.2 Å². The van der Waals surface area contributed by atoms with Gasteiger partial charge in [0.1, 0.15) is 12.7 Å². The number of carbonyl (C=O) groups is 3. The molecule has 0 amide bonds. The Kier molecular flexibility index (Phi) is 52.3. The van der Waals surface area contributed by atoms with Crippen LogP contribution in [0, 0.1) is 0 Å².